The first-order valence-electron chi connectivity index (χ1n) is 7.09. The highest BCUT2D eigenvalue weighted by atomic mass is 32.2. The van der Waals surface area contributed by atoms with E-state index >= 15 is 0 Å². The number of hydrogen-bond donors (Lipinski definition) is 1. The SMILES string of the molecule is CCOC(=O)[C@H](N=Nc1ccc([N+](=O)[O-])cc1)SCCCC(=O)O. The molecule has 0 aliphatic heterocycles. The maximum absolute atomic E-state index is 11.8. The van der Waals surface area contributed by atoms with Crippen molar-refractivity contribution in [2.45, 2.75) is 25.1 Å². The van der Waals surface area contributed by atoms with E-state index in [0.717, 1.165) is 11.8 Å². The Bertz CT molecular complexity index is 605. The number of carboxylic acids is 1. The molecule has 1 aromatic carbocycles. The van der Waals surface area contributed by atoms with Gasteiger partial charge < -0.3 is 9.84 Å². The van der Waals surface area contributed by atoms with Crippen molar-refractivity contribution in [2.24, 2.45) is 10.2 Å². The number of nitro benzene ring substituents is 1. The fourth-order valence-electron chi connectivity index (χ4n) is 1.54. The minimum atomic E-state index is -0.908. The van der Waals surface area contributed by atoms with Crippen molar-refractivity contribution in [1.29, 1.82) is 0 Å². The molecule has 0 unspecified atom stereocenters. The first-order valence-corrected chi connectivity index (χ1v) is 8.14. The molecule has 0 amide bonds. The Morgan fingerprint density at radius 1 is 1.38 bits per heavy atom. The molecular weight excluding hydrogens is 338 g/mol. The highest BCUT2D eigenvalue weighted by molar-refractivity contribution is 8.00. The molecule has 0 aliphatic carbocycles. The molecule has 1 aromatic rings. The zero-order valence-corrected chi connectivity index (χ0v) is 13.8. The Balaban J connectivity index is 2.69. The summed E-state index contributed by atoms with van der Waals surface area (Å²) in [6.07, 6.45) is 0.394. The topological polar surface area (TPSA) is 131 Å². The van der Waals surface area contributed by atoms with E-state index in [2.05, 4.69) is 10.2 Å². The summed E-state index contributed by atoms with van der Waals surface area (Å²) < 4.78 is 4.90. The maximum atomic E-state index is 11.8. The van der Waals surface area contributed by atoms with Crippen molar-refractivity contribution in [2.75, 3.05) is 12.4 Å². The molecule has 130 valence electrons. The Kier molecular flexibility index (Phi) is 8.41. The number of rotatable bonds is 10. The van der Waals surface area contributed by atoms with Gasteiger partial charge in [0.1, 0.15) is 0 Å². The lowest BCUT2D eigenvalue weighted by Gasteiger charge is -2.09. The number of carbonyl (C=O) groups is 2. The summed E-state index contributed by atoms with van der Waals surface area (Å²) in [5.74, 6) is -1.06. The van der Waals surface area contributed by atoms with E-state index in [0.29, 0.717) is 17.9 Å². The number of azo groups is 1. The van der Waals surface area contributed by atoms with E-state index in [-0.39, 0.29) is 18.7 Å². The Morgan fingerprint density at radius 2 is 2.04 bits per heavy atom. The predicted molar refractivity (Wildman–Crippen MR) is 87.4 cm³/mol. The molecule has 24 heavy (non-hydrogen) atoms. The van der Waals surface area contributed by atoms with Crippen LogP contribution in [-0.2, 0) is 14.3 Å². The molecule has 0 radical (unpaired) electrons. The number of nitro groups is 1. The smallest absolute Gasteiger partial charge is 0.343 e. The molecule has 1 N–H and O–H groups in total. The van der Waals surface area contributed by atoms with Gasteiger partial charge in [-0.25, -0.2) is 4.79 Å². The molecule has 1 rings (SSSR count). The molecule has 10 heteroatoms. The second-order valence-corrected chi connectivity index (χ2v) is 5.65. The Hall–Kier alpha value is -2.49. The van der Waals surface area contributed by atoms with Crippen LogP contribution >= 0.6 is 11.8 Å². The van der Waals surface area contributed by atoms with Gasteiger partial charge in [0, 0.05) is 18.6 Å². The van der Waals surface area contributed by atoms with Crippen LogP contribution in [0.15, 0.2) is 34.5 Å². The lowest BCUT2D eigenvalue weighted by Crippen LogP contribution is -2.18. The van der Waals surface area contributed by atoms with Gasteiger partial charge in [-0.2, -0.15) is 10.2 Å². The van der Waals surface area contributed by atoms with Gasteiger partial charge in [0.15, 0.2) is 0 Å². The molecule has 1 atom stereocenters. The summed E-state index contributed by atoms with van der Waals surface area (Å²) in [5.41, 5.74) is 0.292. The van der Waals surface area contributed by atoms with Gasteiger partial charge in [0.25, 0.3) is 5.69 Å². The van der Waals surface area contributed by atoms with Crippen LogP contribution < -0.4 is 0 Å². The van der Waals surface area contributed by atoms with E-state index in [4.69, 9.17) is 9.84 Å². The second kappa shape index (κ2) is 10.3. The predicted octanol–water partition coefficient (Wildman–Crippen LogP) is 3.17. The minimum Gasteiger partial charge on any atom is -0.481 e. The van der Waals surface area contributed by atoms with Crippen LogP contribution in [0.4, 0.5) is 11.4 Å². The summed E-state index contributed by atoms with van der Waals surface area (Å²) in [4.78, 5) is 32.4. The lowest BCUT2D eigenvalue weighted by molar-refractivity contribution is -0.384. The number of carboxylic acid groups (broad SMARTS) is 1. The summed E-state index contributed by atoms with van der Waals surface area (Å²) in [6.45, 7) is 1.86. The van der Waals surface area contributed by atoms with Crippen LogP contribution in [0.1, 0.15) is 19.8 Å². The third-order valence-corrected chi connectivity index (χ3v) is 3.76. The average Bonchev–Trinajstić information content (AvgIpc) is 2.54. The number of benzene rings is 1. The number of ether oxygens (including phenoxy) is 1. The van der Waals surface area contributed by atoms with Gasteiger partial charge in [-0.15, -0.1) is 11.8 Å². The maximum Gasteiger partial charge on any atom is 0.343 e. The number of nitrogens with zero attached hydrogens (tertiary/aromatic N) is 3. The van der Waals surface area contributed by atoms with Gasteiger partial charge in [0.05, 0.1) is 17.2 Å². The van der Waals surface area contributed by atoms with Crippen LogP contribution in [0.5, 0.6) is 0 Å². The molecule has 0 fully saturated rings. The quantitative estimate of drug-likeness (QED) is 0.224. The molecule has 0 saturated heterocycles. The molecule has 0 heterocycles. The summed E-state index contributed by atoms with van der Waals surface area (Å²) in [6, 6.07) is 5.40. The first-order chi connectivity index (χ1) is 11.4. The molecular formula is C14H17N3O6S. The number of esters is 1. The van der Waals surface area contributed by atoms with Crippen molar-refractivity contribution in [3.8, 4) is 0 Å². The average molecular weight is 355 g/mol. The van der Waals surface area contributed by atoms with Crippen molar-refractivity contribution in [1.82, 2.24) is 0 Å². The number of thioether (sulfide) groups is 1. The largest absolute Gasteiger partial charge is 0.481 e. The standard InChI is InChI=1S/C14H17N3O6S/c1-2-23-14(20)13(24-9-3-4-12(18)19)16-15-10-5-7-11(8-6-10)17(21)22/h5-8,13H,2-4,9H2,1H3,(H,18,19)/t13-/m1/s1. The van der Waals surface area contributed by atoms with E-state index in [1.165, 1.54) is 24.3 Å². The molecule has 0 saturated carbocycles. The Morgan fingerprint density at radius 3 is 2.58 bits per heavy atom. The molecule has 0 aliphatic rings. The minimum absolute atomic E-state index is 0.00202. The summed E-state index contributed by atoms with van der Waals surface area (Å²) in [7, 11) is 0. The van der Waals surface area contributed by atoms with Crippen molar-refractivity contribution in [3.05, 3.63) is 34.4 Å². The highest BCUT2D eigenvalue weighted by Gasteiger charge is 2.19. The van der Waals surface area contributed by atoms with Gasteiger partial charge >= 0.3 is 11.9 Å². The number of non-ortho nitro benzene ring substituents is 1. The first kappa shape index (κ1) is 19.6. The van der Waals surface area contributed by atoms with Crippen molar-refractivity contribution >= 4 is 35.1 Å². The third kappa shape index (κ3) is 7.18. The van der Waals surface area contributed by atoms with E-state index in [1.54, 1.807) is 6.92 Å². The van der Waals surface area contributed by atoms with Crippen LogP contribution in [-0.4, -0.2) is 39.7 Å². The zero-order valence-electron chi connectivity index (χ0n) is 13.0. The Labute approximate surface area is 142 Å². The van der Waals surface area contributed by atoms with Crippen molar-refractivity contribution in [3.63, 3.8) is 0 Å². The van der Waals surface area contributed by atoms with Crippen LogP contribution in [0, 0.1) is 10.1 Å². The van der Waals surface area contributed by atoms with Crippen LogP contribution in [0.2, 0.25) is 0 Å². The van der Waals surface area contributed by atoms with Crippen LogP contribution in [0.25, 0.3) is 0 Å². The highest BCUT2D eigenvalue weighted by Crippen LogP contribution is 2.22. The van der Waals surface area contributed by atoms with Gasteiger partial charge in [-0.1, -0.05) is 0 Å². The fraction of sp³-hybridized carbons (Fsp3) is 0.429. The zero-order chi connectivity index (χ0) is 17.9. The molecule has 0 spiro atoms. The van der Waals surface area contributed by atoms with Crippen LogP contribution in [0.3, 0.4) is 0 Å². The lowest BCUT2D eigenvalue weighted by atomic mass is 10.3. The summed E-state index contributed by atoms with van der Waals surface area (Å²) in [5, 5.41) is 26.1. The number of aliphatic carboxylic acids is 1. The number of carbonyl (C=O) groups excluding carboxylic acids is 1. The van der Waals surface area contributed by atoms with Gasteiger partial charge in [0.2, 0.25) is 5.37 Å². The summed E-state index contributed by atoms with van der Waals surface area (Å²) >= 11 is 1.13. The normalized spacial score (nSPS) is 12.0. The third-order valence-electron chi connectivity index (χ3n) is 2.64. The van der Waals surface area contributed by atoms with E-state index < -0.39 is 22.2 Å². The van der Waals surface area contributed by atoms with Gasteiger partial charge in [-0.05, 0) is 31.2 Å². The van der Waals surface area contributed by atoms with Crippen molar-refractivity contribution < 1.29 is 24.4 Å². The van der Waals surface area contributed by atoms with E-state index in [9.17, 15) is 19.7 Å². The molecule has 0 bridgehead atoms. The number of hydrogen-bond acceptors (Lipinski definition) is 8. The van der Waals surface area contributed by atoms with E-state index in [1.807, 2.05) is 0 Å². The molecule has 9 nitrogen and oxygen atoms in total. The second-order valence-electron chi connectivity index (χ2n) is 4.46. The van der Waals surface area contributed by atoms with Gasteiger partial charge in [-0.3, -0.25) is 14.9 Å². The monoisotopic (exact) mass is 355 g/mol. The molecule has 0 aromatic heterocycles. The fourth-order valence-corrected chi connectivity index (χ4v) is 2.39.